The van der Waals surface area contributed by atoms with Gasteiger partial charge in [0.05, 0.1) is 32.1 Å². The first-order chi connectivity index (χ1) is 9.10. The van der Waals surface area contributed by atoms with Gasteiger partial charge in [-0.05, 0) is 6.92 Å². The normalized spacial score (nSPS) is 22.0. The van der Waals surface area contributed by atoms with Crippen molar-refractivity contribution in [1.82, 2.24) is 5.32 Å². The van der Waals surface area contributed by atoms with Gasteiger partial charge < -0.3 is 19.5 Å². The molecule has 6 heteroatoms. The number of amides is 1. The van der Waals surface area contributed by atoms with E-state index >= 15 is 0 Å². The Morgan fingerprint density at radius 3 is 2.05 bits per heavy atom. The van der Waals surface area contributed by atoms with Gasteiger partial charge in [0.1, 0.15) is 22.6 Å². The molecule has 2 rings (SSSR count). The molecule has 19 heavy (non-hydrogen) atoms. The summed E-state index contributed by atoms with van der Waals surface area (Å²) >= 11 is 1.54. The van der Waals surface area contributed by atoms with Crippen molar-refractivity contribution in [1.29, 1.82) is 0 Å². The lowest BCUT2D eigenvalue weighted by Crippen LogP contribution is -2.22. The number of hydrogen-bond donors (Lipinski definition) is 1. The van der Waals surface area contributed by atoms with Gasteiger partial charge in [0.25, 0.3) is 0 Å². The van der Waals surface area contributed by atoms with Crippen molar-refractivity contribution in [2.45, 2.75) is 17.5 Å². The first kappa shape index (κ1) is 13.9. The fourth-order valence-electron chi connectivity index (χ4n) is 1.98. The molecule has 0 aliphatic carbocycles. The van der Waals surface area contributed by atoms with Crippen LogP contribution in [0.2, 0.25) is 0 Å². The van der Waals surface area contributed by atoms with Crippen LogP contribution in [0, 0.1) is 0 Å². The molecule has 1 amide bonds. The Balaban J connectivity index is 2.46. The van der Waals surface area contributed by atoms with E-state index in [0.717, 1.165) is 5.56 Å². The van der Waals surface area contributed by atoms with E-state index in [-0.39, 0.29) is 16.5 Å². The fourth-order valence-corrected chi connectivity index (χ4v) is 3.13. The lowest BCUT2D eigenvalue weighted by molar-refractivity contribution is -0.119. The molecule has 104 valence electrons. The molecule has 0 saturated carbocycles. The van der Waals surface area contributed by atoms with Gasteiger partial charge in [0, 0.05) is 12.1 Å². The van der Waals surface area contributed by atoms with Crippen LogP contribution < -0.4 is 19.5 Å². The Kier molecular flexibility index (Phi) is 4.09. The molecule has 1 aromatic carbocycles. The molecular weight excluding hydrogens is 266 g/mol. The van der Waals surface area contributed by atoms with Crippen LogP contribution in [0.15, 0.2) is 12.1 Å². The molecule has 0 radical (unpaired) electrons. The predicted octanol–water partition coefficient (Wildman–Crippen LogP) is 1.96. The van der Waals surface area contributed by atoms with Gasteiger partial charge in [-0.1, -0.05) is 0 Å². The number of carbonyl (C=O) groups excluding carboxylic acids is 1. The van der Waals surface area contributed by atoms with Gasteiger partial charge in [-0.3, -0.25) is 4.79 Å². The lowest BCUT2D eigenvalue weighted by atomic mass is 10.1. The third kappa shape index (κ3) is 2.58. The van der Waals surface area contributed by atoms with Gasteiger partial charge in [-0.25, -0.2) is 0 Å². The van der Waals surface area contributed by atoms with Crippen LogP contribution in [-0.4, -0.2) is 32.5 Å². The summed E-state index contributed by atoms with van der Waals surface area (Å²) in [5.41, 5.74) is 0.827. The maximum atomic E-state index is 11.6. The molecular formula is C13H17NO4S. The molecule has 1 heterocycles. The van der Waals surface area contributed by atoms with Crippen molar-refractivity contribution in [3.8, 4) is 17.2 Å². The Bertz CT molecular complexity index is 467. The molecule has 2 atom stereocenters. The highest BCUT2D eigenvalue weighted by atomic mass is 32.2. The van der Waals surface area contributed by atoms with Crippen molar-refractivity contribution < 1.29 is 19.0 Å². The van der Waals surface area contributed by atoms with Crippen molar-refractivity contribution in [2.75, 3.05) is 21.3 Å². The van der Waals surface area contributed by atoms with E-state index < -0.39 is 0 Å². The van der Waals surface area contributed by atoms with Gasteiger partial charge >= 0.3 is 0 Å². The molecule has 0 aromatic heterocycles. The predicted molar refractivity (Wildman–Crippen MR) is 74.0 cm³/mol. The average molecular weight is 283 g/mol. The number of ether oxygens (including phenoxy) is 3. The number of carbonyl (C=O) groups is 1. The number of nitrogens with one attached hydrogen (secondary N) is 1. The summed E-state index contributed by atoms with van der Waals surface area (Å²) in [5.74, 6) is 1.96. The summed E-state index contributed by atoms with van der Waals surface area (Å²) in [6.07, 6.45) is 0. The first-order valence-electron chi connectivity index (χ1n) is 5.86. The summed E-state index contributed by atoms with van der Waals surface area (Å²) in [6, 6.07) is 3.57. The molecule has 0 spiro atoms. The zero-order valence-corrected chi connectivity index (χ0v) is 12.2. The summed E-state index contributed by atoms with van der Waals surface area (Å²) in [4.78, 5) is 11.6. The Labute approximate surface area is 116 Å². The third-order valence-electron chi connectivity index (χ3n) is 3.00. The number of hydrogen-bond acceptors (Lipinski definition) is 5. The second-order valence-electron chi connectivity index (χ2n) is 4.11. The van der Waals surface area contributed by atoms with Gasteiger partial charge in [0.2, 0.25) is 5.91 Å². The molecule has 1 N–H and O–H groups in total. The van der Waals surface area contributed by atoms with E-state index in [1.54, 1.807) is 33.5 Å². The van der Waals surface area contributed by atoms with Crippen LogP contribution in [0.3, 0.4) is 0 Å². The monoisotopic (exact) mass is 283 g/mol. The fraction of sp³-hybridized carbons (Fsp3) is 0.462. The van der Waals surface area contributed by atoms with E-state index in [9.17, 15) is 4.79 Å². The number of benzene rings is 1. The highest BCUT2D eigenvalue weighted by Crippen LogP contribution is 2.45. The molecule has 1 aliphatic rings. The quantitative estimate of drug-likeness (QED) is 0.915. The number of methoxy groups -OCH3 is 3. The topological polar surface area (TPSA) is 56.8 Å². The van der Waals surface area contributed by atoms with E-state index in [1.165, 1.54) is 11.8 Å². The average Bonchev–Trinajstić information content (AvgIpc) is 2.76. The largest absolute Gasteiger partial charge is 0.496 e. The second kappa shape index (κ2) is 5.61. The molecule has 1 aliphatic heterocycles. The third-order valence-corrected chi connectivity index (χ3v) is 4.25. The Hall–Kier alpha value is -1.56. The molecule has 1 aromatic rings. The summed E-state index contributed by atoms with van der Waals surface area (Å²) in [6.45, 7) is 1.88. The second-order valence-corrected chi connectivity index (χ2v) is 5.56. The van der Waals surface area contributed by atoms with Crippen LogP contribution >= 0.6 is 11.8 Å². The van der Waals surface area contributed by atoms with E-state index in [0.29, 0.717) is 17.2 Å². The highest BCUT2D eigenvalue weighted by Gasteiger charge is 2.34. The van der Waals surface area contributed by atoms with E-state index in [1.807, 2.05) is 6.92 Å². The smallest absolute Gasteiger partial charge is 0.234 e. The van der Waals surface area contributed by atoms with E-state index in [4.69, 9.17) is 14.2 Å². The molecule has 0 unspecified atom stereocenters. The van der Waals surface area contributed by atoms with Gasteiger partial charge in [-0.2, -0.15) is 0 Å². The van der Waals surface area contributed by atoms with Crippen LogP contribution in [0.4, 0.5) is 0 Å². The van der Waals surface area contributed by atoms with Crippen molar-refractivity contribution in [2.24, 2.45) is 0 Å². The summed E-state index contributed by atoms with van der Waals surface area (Å²) in [5, 5.41) is 2.68. The van der Waals surface area contributed by atoms with Gasteiger partial charge in [-0.15, -0.1) is 11.8 Å². The van der Waals surface area contributed by atoms with E-state index in [2.05, 4.69) is 5.32 Å². The minimum Gasteiger partial charge on any atom is -0.496 e. The summed E-state index contributed by atoms with van der Waals surface area (Å²) in [7, 11) is 4.76. The van der Waals surface area contributed by atoms with Gasteiger partial charge in [0.15, 0.2) is 0 Å². The standard InChI is InChI=1S/C13H17NO4S/c1-7-12(15)14-13(19-7)11-9(17-3)5-8(16-2)6-10(11)18-4/h5-7,13H,1-4H3,(H,14,15)/t7-,13+/m1/s1. The van der Waals surface area contributed by atoms with Crippen molar-refractivity contribution >= 4 is 17.7 Å². The number of rotatable bonds is 4. The van der Waals surface area contributed by atoms with Crippen LogP contribution in [0.5, 0.6) is 17.2 Å². The zero-order chi connectivity index (χ0) is 14.0. The molecule has 0 bridgehead atoms. The SMILES string of the molecule is COc1cc(OC)c([C@H]2NC(=O)[C@@H](C)S2)c(OC)c1. The lowest BCUT2D eigenvalue weighted by Gasteiger charge is -2.19. The molecule has 5 nitrogen and oxygen atoms in total. The minimum absolute atomic E-state index is 0.0231. The molecule has 1 fully saturated rings. The number of thioether (sulfide) groups is 1. The molecule has 1 saturated heterocycles. The Morgan fingerprint density at radius 1 is 1.11 bits per heavy atom. The Morgan fingerprint density at radius 2 is 1.68 bits per heavy atom. The van der Waals surface area contributed by atoms with Crippen molar-refractivity contribution in [3.63, 3.8) is 0 Å². The van der Waals surface area contributed by atoms with Crippen molar-refractivity contribution in [3.05, 3.63) is 17.7 Å². The maximum Gasteiger partial charge on any atom is 0.234 e. The highest BCUT2D eigenvalue weighted by molar-refractivity contribution is 8.01. The van der Waals surface area contributed by atoms with Crippen LogP contribution in [0.25, 0.3) is 0 Å². The maximum absolute atomic E-state index is 11.6. The minimum atomic E-state index is -0.168. The summed E-state index contributed by atoms with van der Waals surface area (Å²) < 4.78 is 16.0. The first-order valence-corrected chi connectivity index (χ1v) is 6.80. The van der Waals surface area contributed by atoms with Crippen LogP contribution in [0.1, 0.15) is 17.9 Å². The van der Waals surface area contributed by atoms with Crippen LogP contribution in [-0.2, 0) is 4.79 Å². The zero-order valence-electron chi connectivity index (χ0n) is 11.4.